The number of hydrogen-bond acceptors (Lipinski definition) is 4. The van der Waals surface area contributed by atoms with Crippen LogP contribution in [0.2, 0.25) is 0 Å². The Labute approximate surface area is 141 Å². The van der Waals surface area contributed by atoms with E-state index in [0.29, 0.717) is 25.2 Å². The van der Waals surface area contributed by atoms with E-state index in [2.05, 4.69) is 17.6 Å². The van der Waals surface area contributed by atoms with Gasteiger partial charge in [-0.3, -0.25) is 4.99 Å². The minimum atomic E-state index is 0.327. The molecule has 0 aliphatic heterocycles. The van der Waals surface area contributed by atoms with E-state index in [1.54, 1.807) is 14.2 Å². The Morgan fingerprint density at radius 1 is 1.00 bits per heavy atom. The summed E-state index contributed by atoms with van der Waals surface area (Å²) in [6, 6.07) is 0. The molecule has 0 aromatic rings. The van der Waals surface area contributed by atoms with Crippen molar-refractivity contribution in [1.82, 2.24) is 10.6 Å². The summed E-state index contributed by atoms with van der Waals surface area (Å²) in [4.78, 5) is 4.81. The fourth-order valence-electron chi connectivity index (χ4n) is 3.01. The number of nitrogens with zero attached hydrogens (tertiary/aromatic N) is 1. The van der Waals surface area contributed by atoms with Gasteiger partial charge in [0.15, 0.2) is 5.96 Å². The molecule has 0 aromatic heterocycles. The van der Waals surface area contributed by atoms with E-state index in [-0.39, 0.29) is 0 Å². The van der Waals surface area contributed by atoms with E-state index >= 15 is 0 Å². The predicted octanol–water partition coefficient (Wildman–Crippen LogP) is 1.80. The zero-order chi connectivity index (χ0) is 16.8. The molecule has 0 amide bonds. The van der Waals surface area contributed by atoms with Crippen LogP contribution in [0.3, 0.4) is 0 Å². The van der Waals surface area contributed by atoms with E-state index < -0.39 is 0 Å². The highest BCUT2D eigenvalue weighted by Gasteiger charge is 2.33. The molecule has 1 saturated carbocycles. The van der Waals surface area contributed by atoms with E-state index in [1.165, 1.54) is 25.7 Å². The number of rotatable bonds is 12. The molecule has 0 aromatic carbocycles. The first-order chi connectivity index (χ1) is 11.3. The quantitative estimate of drug-likeness (QED) is 0.325. The van der Waals surface area contributed by atoms with Crippen molar-refractivity contribution in [3.63, 3.8) is 0 Å². The fraction of sp³-hybridized carbons (Fsp3) is 0.941. The van der Waals surface area contributed by atoms with E-state index in [1.807, 2.05) is 0 Å². The normalized spacial score (nSPS) is 17.4. The van der Waals surface area contributed by atoms with Gasteiger partial charge >= 0.3 is 0 Å². The van der Waals surface area contributed by atoms with Gasteiger partial charge < -0.3 is 24.8 Å². The van der Waals surface area contributed by atoms with E-state index in [9.17, 15) is 0 Å². The molecule has 23 heavy (non-hydrogen) atoms. The van der Waals surface area contributed by atoms with Crippen molar-refractivity contribution in [2.75, 3.05) is 60.3 Å². The first-order valence-corrected chi connectivity index (χ1v) is 8.84. The molecule has 136 valence electrons. The Morgan fingerprint density at radius 3 is 2.39 bits per heavy atom. The Bertz CT molecular complexity index is 318. The van der Waals surface area contributed by atoms with Gasteiger partial charge in [-0.05, 0) is 31.6 Å². The van der Waals surface area contributed by atoms with Crippen LogP contribution >= 0.6 is 0 Å². The van der Waals surface area contributed by atoms with Gasteiger partial charge in [-0.1, -0.05) is 12.8 Å². The molecule has 0 saturated heterocycles. The number of hydrogen-bond donors (Lipinski definition) is 2. The summed E-state index contributed by atoms with van der Waals surface area (Å²) in [7, 11) is 3.46. The van der Waals surface area contributed by atoms with Crippen molar-refractivity contribution in [3.8, 4) is 0 Å². The Kier molecular flexibility index (Phi) is 11.0. The lowest BCUT2D eigenvalue weighted by molar-refractivity contribution is 0.0733. The van der Waals surface area contributed by atoms with E-state index in [0.717, 1.165) is 38.6 Å². The molecule has 1 rings (SSSR count). The summed E-state index contributed by atoms with van der Waals surface area (Å²) in [6.45, 7) is 7.32. The van der Waals surface area contributed by atoms with Crippen molar-refractivity contribution in [1.29, 1.82) is 0 Å². The summed E-state index contributed by atoms with van der Waals surface area (Å²) in [5.41, 5.74) is 0.327. The van der Waals surface area contributed by atoms with E-state index in [4.69, 9.17) is 19.2 Å². The summed E-state index contributed by atoms with van der Waals surface area (Å²) in [6.07, 6.45) is 6.26. The predicted molar refractivity (Wildman–Crippen MR) is 94.1 cm³/mol. The molecule has 0 radical (unpaired) electrons. The van der Waals surface area contributed by atoms with Gasteiger partial charge in [0.05, 0.1) is 19.8 Å². The van der Waals surface area contributed by atoms with Crippen molar-refractivity contribution in [3.05, 3.63) is 0 Å². The third-order valence-electron chi connectivity index (χ3n) is 4.39. The minimum absolute atomic E-state index is 0.327. The molecule has 0 unspecified atom stereocenters. The lowest BCUT2D eigenvalue weighted by Crippen LogP contribution is -2.40. The summed E-state index contributed by atoms with van der Waals surface area (Å²) < 4.78 is 15.7. The van der Waals surface area contributed by atoms with Crippen LogP contribution in [-0.4, -0.2) is 66.2 Å². The largest absolute Gasteiger partial charge is 0.385 e. The van der Waals surface area contributed by atoms with Gasteiger partial charge in [-0.25, -0.2) is 0 Å². The maximum absolute atomic E-state index is 5.47. The second-order valence-electron chi connectivity index (χ2n) is 6.18. The molecule has 2 N–H and O–H groups in total. The first kappa shape index (κ1) is 20.2. The maximum atomic E-state index is 5.47. The Morgan fingerprint density at radius 2 is 1.74 bits per heavy atom. The third-order valence-corrected chi connectivity index (χ3v) is 4.39. The van der Waals surface area contributed by atoms with Gasteiger partial charge in [0, 0.05) is 40.5 Å². The first-order valence-electron chi connectivity index (χ1n) is 8.84. The van der Waals surface area contributed by atoms with Crippen molar-refractivity contribution < 1.29 is 14.2 Å². The second kappa shape index (κ2) is 12.6. The van der Waals surface area contributed by atoms with Gasteiger partial charge in [0.2, 0.25) is 0 Å². The van der Waals surface area contributed by atoms with Gasteiger partial charge in [0.1, 0.15) is 0 Å². The average Bonchev–Trinajstić information content (AvgIpc) is 3.03. The van der Waals surface area contributed by atoms with Crippen LogP contribution in [0.25, 0.3) is 0 Å². The molecular weight excluding hydrogens is 294 g/mol. The standard InChI is InChI=1S/C17H35N3O3/c1-4-18-16(19-10-12-23-14-13-22-3)20-15-17(9-11-21-2)7-5-6-8-17/h4-15H2,1-3H3,(H2,18,19,20). The van der Waals surface area contributed by atoms with Gasteiger partial charge in [-0.2, -0.15) is 0 Å². The van der Waals surface area contributed by atoms with Crippen molar-refractivity contribution in [2.24, 2.45) is 10.4 Å². The van der Waals surface area contributed by atoms with Crippen LogP contribution in [0.4, 0.5) is 0 Å². The molecular formula is C17H35N3O3. The Hall–Kier alpha value is -0.850. The average molecular weight is 329 g/mol. The number of methoxy groups -OCH3 is 2. The lowest BCUT2D eigenvalue weighted by atomic mass is 9.83. The smallest absolute Gasteiger partial charge is 0.191 e. The van der Waals surface area contributed by atoms with Gasteiger partial charge in [0.25, 0.3) is 0 Å². The van der Waals surface area contributed by atoms with Crippen molar-refractivity contribution in [2.45, 2.75) is 39.0 Å². The molecule has 6 heteroatoms. The summed E-state index contributed by atoms with van der Waals surface area (Å²) in [5, 5.41) is 6.65. The zero-order valence-corrected chi connectivity index (χ0v) is 15.2. The summed E-state index contributed by atoms with van der Waals surface area (Å²) in [5.74, 6) is 0.881. The highest BCUT2D eigenvalue weighted by Crippen LogP contribution is 2.41. The fourth-order valence-corrected chi connectivity index (χ4v) is 3.01. The number of ether oxygens (including phenoxy) is 3. The highest BCUT2D eigenvalue weighted by molar-refractivity contribution is 5.79. The van der Waals surface area contributed by atoms with Crippen LogP contribution in [0.5, 0.6) is 0 Å². The topological polar surface area (TPSA) is 64.1 Å². The second-order valence-corrected chi connectivity index (χ2v) is 6.18. The maximum Gasteiger partial charge on any atom is 0.191 e. The molecule has 1 fully saturated rings. The van der Waals surface area contributed by atoms with Crippen LogP contribution in [-0.2, 0) is 14.2 Å². The van der Waals surface area contributed by atoms with Crippen LogP contribution in [0.1, 0.15) is 39.0 Å². The molecule has 0 heterocycles. The Balaban J connectivity index is 2.39. The molecule has 6 nitrogen and oxygen atoms in total. The number of nitrogens with one attached hydrogen (secondary N) is 2. The SMILES string of the molecule is CCNC(=NCC1(CCOC)CCCC1)NCCOCCOC. The van der Waals surface area contributed by atoms with Crippen LogP contribution in [0, 0.1) is 5.41 Å². The van der Waals surface area contributed by atoms with Crippen LogP contribution < -0.4 is 10.6 Å². The monoisotopic (exact) mass is 329 g/mol. The number of guanidine groups is 1. The summed E-state index contributed by atoms with van der Waals surface area (Å²) >= 11 is 0. The number of aliphatic imine (C=N–C) groups is 1. The van der Waals surface area contributed by atoms with Crippen molar-refractivity contribution >= 4 is 5.96 Å². The molecule has 1 aliphatic rings. The highest BCUT2D eigenvalue weighted by atomic mass is 16.5. The minimum Gasteiger partial charge on any atom is -0.385 e. The molecule has 0 bridgehead atoms. The van der Waals surface area contributed by atoms with Crippen LogP contribution in [0.15, 0.2) is 4.99 Å². The third kappa shape index (κ3) is 8.53. The van der Waals surface area contributed by atoms with Gasteiger partial charge in [-0.15, -0.1) is 0 Å². The molecule has 0 spiro atoms. The molecule has 0 atom stereocenters. The lowest BCUT2D eigenvalue weighted by Gasteiger charge is -2.27. The zero-order valence-electron chi connectivity index (χ0n) is 15.2. The molecule has 1 aliphatic carbocycles.